The number of hydrogen-bond donors (Lipinski definition) is 3. The van der Waals surface area contributed by atoms with E-state index in [2.05, 4.69) is 10.6 Å². The molecule has 2 atom stereocenters. The summed E-state index contributed by atoms with van der Waals surface area (Å²) in [5.41, 5.74) is 3.84. The normalized spacial score (nSPS) is 12.6. The fourth-order valence-corrected chi connectivity index (χ4v) is 3.82. The van der Waals surface area contributed by atoms with E-state index in [9.17, 15) is 24.8 Å². The van der Waals surface area contributed by atoms with Gasteiger partial charge < -0.3 is 25.4 Å². The highest BCUT2D eigenvalue weighted by Crippen LogP contribution is 2.28. The zero-order valence-corrected chi connectivity index (χ0v) is 22.5. The Bertz CT molecular complexity index is 1180. The number of ether oxygens (including phenoxy) is 1. The third-order valence-electron chi connectivity index (χ3n) is 5.83. The van der Waals surface area contributed by atoms with E-state index in [1.165, 1.54) is 0 Å². The lowest BCUT2D eigenvalue weighted by atomic mass is 9.98. The summed E-state index contributed by atoms with van der Waals surface area (Å²) in [6, 6.07) is 10.2. The number of nitrogens with one attached hydrogen (secondary N) is 2. The first-order chi connectivity index (χ1) is 17.3. The second-order valence-corrected chi connectivity index (χ2v) is 10.0. The lowest BCUT2D eigenvalue weighted by Gasteiger charge is -2.33. The Hall–Kier alpha value is -3.90. The largest absolute Gasteiger partial charge is 0.444 e. The van der Waals surface area contributed by atoms with Gasteiger partial charge in [0, 0.05) is 5.69 Å². The van der Waals surface area contributed by atoms with Crippen LogP contribution in [0.1, 0.15) is 54.6 Å². The summed E-state index contributed by atoms with van der Waals surface area (Å²) in [5, 5.41) is 24.8. The first kappa shape index (κ1) is 29.3. The molecule has 0 aliphatic carbocycles. The molecule has 0 aliphatic heterocycles. The molecule has 2 rings (SSSR count). The molecule has 0 saturated heterocycles. The quantitative estimate of drug-likeness (QED) is 0.464. The fourth-order valence-electron chi connectivity index (χ4n) is 3.82. The van der Waals surface area contributed by atoms with Crippen LogP contribution in [-0.4, -0.2) is 52.7 Å². The van der Waals surface area contributed by atoms with E-state index in [1.807, 2.05) is 58.0 Å². The molecule has 0 aliphatic rings. The number of nitriles is 1. The van der Waals surface area contributed by atoms with E-state index in [0.717, 1.165) is 27.2 Å². The highest BCUT2D eigenvalue weighted by molar-refractivity contribution is 6.00. The lowest BCUT2D eigenvalue weighted by molar-refractivity contribution is -0.140. The number of benzene rings is 2. The summed E-state index contributed by atoms with van der Waals surface area (Å²) < 4.78 is 5.21. The van der Waals surface area contributed by atoms with E-state index in [0.29, 0.717) is 11.3 Å². The van der Waals surface area contributed by atoms with E-state index >= 15 is 0 Å². The topological polar surface area (TPSA) is 132 Å². The smallest absolute Gasteiger partial charge is 0.408 e. The predicted octanol–water partition coefficient (Wildman–Crippen LogP) is 3.84. The molecular weight excluding hydrogens is 472 g/mol. The second kappa shape index (κ2) is 12.4. The van der Waals surface area contributed by atoms with Crippen molar-refractivity contribution in [3.8, 4) is 6.07 Å². The van der Waals surface area contributed by atoms with Crippen LogP contribution >= 0.6 is 0 Å². The van der Waals surface area contributed by atoms with E-state index in [1.54, 1.807) is 32.9 Å². The molecule has 0 bridgehead atoms. The molecule has 2 aromatic carbocycles. The first-order valence-electron chi connectivity index (χ1n) is 12.0. The van der Waals surface area contributed by atoms with Gasteiger partial charge in [-0.15, -0.1) is 0 Å². The Morgan fingerprint density at radius 1 is 1.03 bits per heavy atom. The Morgan fingerprint density at radius 2 is 1.65 bits per heavy atom. The highest BCUT2D eigenvalue weighted by atomic mass is 16.6. The van der Waals surface area contributed by atoms with Gasteiger partial charge in [0.1, 0.15) is 24.2 Å². The zero-order valence-electron chi connectivity index (χ0n) is 22.5. The van der Waals surface area contributed by atoms with Crippen molar-refractivity contribution in [2.45, 2.75) is 66.2 Å². The number of amides is 3. The van der Waals surface area contributed by atoms with Crippen LogP contribution in [0.15, 0.2) is 36.4 Å². The van der Waals surface area contributed by atoms with Crippen molar-refractivity contribution >= 4 is 23.6 Å². The number of aliphatic hydroxyl groups is 1. The lowest BCUT2D eigenvalue weighted by Crippen LogP contribution is -2.54. The van der Waals surface area contributed by atoms with Gasteiger partial charge in [-0.3, -0.25) is 9.59 Å². The number of nitrogens with zero attached hydrogens (tertiary/aromatic N) is 2. The average Bonchev–Trinajstić information content (AvgIpc) is 2.80. The summed E-state index contributed by atoms with van der Waals surface area (Å²) in [6.07, 6.45) is -0.903. The molecule has 0 radical (unpaired) electrons. The molecule has 37 heavy (non-hydrogen) atoms. The van der Waals surface area contributed by atoms with Crippen molar-refractivity contribution in [1.29, 1.82) is 5.26 Å². The zero-order chi connectivity index (χ0) is 27.9. The van der Waals surface area contributed by atoms with Gasteiger partial charge in [0.25, 0.3) is 5.91 Å². The van der Waals surface area contributed by atoms with Crippen LogP contribution in [0.5, 0.6) is 0 Å². The van der Waals surface area contributed by atoms with E-state index in [-0.39, 0.29) is 0 Å². The maximum absolute atomic E-state index is 13.8. The number of carbonyl (C=O) groups excluding carboxylic acids is 3. The van der Waals surface area contributed by atoms with Crippen molar-refractivity contribution in [1.82, 2.24) is 10.2 Å². The molecule has 0 spiro atoms. The molecule has 3 N–H and O–H groups in total. The molecule has 0 heterocycles. The molecule has 3 amide bonds. The molecule has 2 unspecified atom stereocenters. The first-order valence-corrected chi connectivity index (χ1v) is 12.0. The minimum atomic E-state index is -1.43. The van der Waals surface area contributed by atoms with Gasteiger partial charge >= 0.3 is 6.09 Å². The standard InChI is InChI=1S/C28H36N4O5/c1-17-11-12-21(15-20(17)4)24(25(34)31-23-18(2)9-8-10-19(23)3)32(14-13-29)26(35)22(16-33)30-27(36)37-28(5,6)7/h8-12,15,22,24,33H,14,16H2,1-7H3,(H,30,36)(H,31,34). The van der Waals surface area contributed by atoms with Crippen LogP contribution in [0, 0.1) is 39.0 Å². The number of hydrogen-bond acceptors (Lipinski definition) is 6. The summed E-state index contributed by atoms with van der Waals surface area (Å²) in [7, 11) is 0. The fraction of sp³-hybridized carbons (Fsp3) is 0.429. The van der Waals surface area contributed by atoms with E-state index in [4.69, 9.17) is 4.74 Å². The summed E-state index contributed by atoms with van der Waals surface area (Å²) >= 11 is 0. The van der Waals surface area contributed by atoms with Crippen molar-refractivity contribution in [2.24, 2.45) is 0 Å². The molecule has 0 saturated carbocycles. The maximum atomic E-state index is 13.8. The van der Waals surface area contributed by atoms with Gasteiger partial charge in [-0.2, -0.15) is 5.26 Å². The minimum absolute atomic E-state index is 0.455. The molecule has 2 aromatic rings. The number of alkyl carbamates (subject to hydrolysis) is 1. The number of anilines is 1. The Labute approximate surface area is 218 Å². The molecule has 0 aromatic heterocycles. The molecule has 0 fully saturated rings. The van der Waals surface area contributed by atoms with Crippen LogP contribution in [0.25, 0.3) is 0 Å². The van der Waals surface area contributed by atoms with E-state index < -0.39 is 48.7 Å². The van der Waals surface area contributed by atoms with Gasteiger partial charge in [-0.05, 0) is 76.3 Å². The van der Waals surface area contributed by atoms with Crippen LogP contribution in [-0.2, 0) is 14.3 Å². The predicted molar refractivity (Wildman–Crippen MR) is 141 cm³/mol. The van der Waals surface area contributed by atoms with Gasteiger partial charge in [0.2, 0.25) is 5.91 Å². The third-order valence-corrected chi connectivity index (χ3v) is 5.83. The Morgan fingerprint density at radius 3 is 2.16 bits per heavy atom. The monoisotopic (exact) mass is 508 g/mol. The Kier molecular flexibility index (Phi) is 9.81. The minimum Gasteiger partial charge on any atom is -0.444 e. The number of rotatable bonds is 8. The van der Waals surface area contributed by atoms with Crippen LogP contribution < -0.4 is 10.6 Å². The maximum Gasteiger partial charge on any atom is 0.408 e. The van der Waals surface area contributed by atoms with Crippen LogP contribution in [0.3, 0.4) is 0 Å². The molecular formula is C28H36N4O5. The summed E-state index contributed by atoms with van der Waals surface area (Å²) in [6.45, 7) is 11.3. The number of carbonyl (C=O) groups is 3. The third kappa shape index (κ3) is 7.79. The van der Waals surface area contributed by atoms with Crippen LogP contribution in [0.4, 0.5) is 10.5 Å². The van der Waals surface area contributed by atoms with Crippen LogP contribution in [0.2, 0.25) is 0 Å². The molecule has 9 heteroatoms. The molecule has 9 nitrogen and oxygen atoms in total. The summed E-state index contributed by atoms with van der Waals surface area (Å²) in [4.78, 5) is 40.7. The van der Waals surface area contributed by atoms with Crippen molar-refractivity contribution in [3.05, 3.63) is 64.2 Å². The van der Waals surface area contributed by atoms with Crippen molar-refractivity contribution < 1.29 is 24.2 Å². The number of para-hydroxylation sites is 1. The van der Waals surface area contributed by atoms with Gasteiger partial charge in [0.15, 0.2) is 0 Å². The average molecular weight is 509 g/mol. The summed E-state index contributed by atoms with van der Waals surface area (Å²) in [5.74, 6) is -1.33. The van der Waals surface area contributed by atoms with Gasteiger partial charge in [-0.1, -0.05) is 36.4 Å². The molecule has 198 valence electrons. The van der Waals surface area contributed by atoms with Gasteiger partial charge in [0.05, 0.1) is 12.7 Å². The highest BCUT2D eigenvalue weighted by Gasteiger charge is 2.36. The van der Waals surface area contributed by atoms with Gasteiger partial charge in [-0.25, -0.2) is 4.79 Å². The Balaban J connectivity index is 2.53. The van der Waals surface area contributed by atoms with Crippen molar-refractivity contribution in [3.63, 3.8) is 0 Å². The number of aryl methyl sites for hydroxylation is 4. The SMILES string of the molecule is Cc1ccc(C(C(=O)Nc2c(C)cccc2C)N(CC#N)C(=O)C(CO)NC(=O)OC(C)(C)C)cc1C. The second-order valence-electron chi connectivity index (χ2n) is 10.0. The number of aliphatic hydroxyl groups excluding tert-OH is 1. The van der Waals surface area contributed by atoms with Crippen molar-refractivity contribution in [2.75, 3.05) is 18.5 Å².